The van der Waals surface area contributed by atoms with Crippen molar-refractivity contribution in [3.63, 3.8) is 0 Å². The summed E-state index contributed by atoms with van der Waals surface area (Å²) in [6.45, 7) is 8.78. The van der Waals surface area contributed by atoms with E-state index in [1.54, 1.807) is 12.1 Å². The lowest BCUT2D eigenvalue weighted by atomic mass is 9.97. The first-order valence-electron chi connectivity index (χ1n) is 6.88. The quantitative estimate of drug-likeness (QED) is 0.631. The Morgan fingerprint density at radius 3 is 2.16 bits per heavy atom. The molecule has 0 radical (unpaired) electrons. The van der Waals surface area contributed by atoms with Crippen molar-refractivity contribution in [3.8, 4) is 0 Å². The van der Waals surface area contributed by atoms with E-state index in [0.29, 0.717) is 23.9 Å². The third-order valence-electron chi connectivity index (χ3n) is 3.23. The van der Waals surface area contributed by atoms with Crippen molar-refractivity contribution in [1.82, 2.24) is 5.32 Å². The van der Waals surface area contributed by atoms with E-state index in [2.05, 4.69) is 19.2 Å². The second kappa shape index (κ2) is 7.07. The van der Waals surface area contributed by atoms with Gasteiger partial charge in [0.25, 0.3) is 5.91 Å². The Hall–Kier alpha value is -1.64. The van der Waals surface area contributed by atoms with Crippen LogP contribution < -0.4 is 5.32 Å². The van der Waals surface area contributed by atoms with Gasteiger partial charge in [-0.1, -0.05) is 52.0 Å². The number of hydrogen-bond donors (Lipinski definition) is 1. The molecule has 1 atom stereocenters. The van der Waals surface area contributed by atoms with E-state index >= 15 is 0 Å². The minimum Gasteiger partial charge on any atom is -0.349 e. The molecule has 0 saturated carbocycles. The molecule has 0 saturated heterocycles. The summed E-state index contributed by atoms with van der Waals surface area (Å²) in [5.41, 5.74) is 1.65. The summed E-state index contributed by atoms with van der Waals surface area (Å²) in [6.07, 6.45) is 1.06. The van der Waals surface area contributed by atoms with E-state index in [1.165, 1.54) is 5.56 Å². The Morgan fingerprint density at radius 2 is 1.68 bits per heavy atom. The van der Waals surface area contributed by atoms with Crippen molar-refractivity contribution in [2.45, 2.75) is 40.0 Å². The van der Waals surface area contributed by atoms with Crippen LogP contribution in [0.2, 0.25) is 0 Å². The van der Waals surface area contributed by atoms with Crippen LogP contribution in [0.25, 0.3) is 0 Å². The fourth-order valence-corrected chi connectivity index (χ4v) is 1.71. The van der Waals surface area contributed by atoms with Crippen LogP contribution in [0.3, 0.4) is 0 Å². The highest BCUT2D eigenvalue weighted by Crippen LogP contribution is 2.18. The van der Waals surface area contributed by atoms with E-state index in [-0.39, 0.29) is 0 Å². The molecule has 0 aliphatic heterocycles. The van der Waals surface area contributed by atoms with Crippen molar-refractivity contribution in [3.05, 3.63) is 35.4 Å². The summed E-state index contributed by atoms with van der Waals surface area (Å²) in [5, 5.41) is 2.64. The first-order chi connectivity index (χ1) is 8.95. The van der Waals surface area contributed by atoms with Crippen LogP contribution in [0.15, 0.2) is 24.3 Å². The molecule has 1 N–H and O–H groups in total. The molecule has 0 bridgehead atoms. The molecular weight excluding hydrogens is 238 g/mol. The molecule has 1 rings (SSSR count). The monoisotopic (exact) mass is 261 g/mol. The van der Waals surface area contributed by atoms with Crippen LogP contribution in [-0.2, 0) is 4.79 Å². The minimum absolute atomic E-state index is 0.338. The number of Topliss-reactive ketones (excluding diaryl/α,β-unsaturated/α-hetero) is 1. The number of amides is 1. The lowest BCUT2D eigenvalue weighted by Gasteiger charge is -2.10. The molecule has 1 unspecified atom stereocenters. The molecule has 3 heteroatoms. The normalized spacial score (nSPS) is 12.3. The number of benzene rings is 1. The van der Waals surface area contributed by atoms with Crippen molar-refractivity contribution in [2.75, 3.05) is 6.54 Å². The van der Waals surface area contributed by atoms with Crippen LogP contribution in [0.1, 0.15) is 56.0 Å². The second-order valence-electron chi connectivity index (χ2n) is 5.36. The molecule has 0 fully saturated rings. The molecule has 104 valence electrons. The summed E-state index contributed by atoms with van der Waals surface area (Å²) in [7, 11) is 0. The van der Waals surface area contributed by atoms with Crippen molar-refractivity contribution in [2.24, 2.45) is 5.92 Å². The number of nitrogens with one attached hydrogen (secondary N) is 1. The Kier molecular flexibility index (Phi) is 5.74. The minimum atomic E-state index is -0.523. The molecule has 0 aliphatic rings. The van der Waals surface area contributed by atoms with Crippen molar-refractivity contribution >= 4 is 11.7 Å². The van der Waals surface area contributed by atoms with Gasteiger partial charge in [-0.2, -0.15) is 0 Å². The Balaban J connectivity index is 2.70. The highest BCUT2D eigenvalue weighted by molar-refractivity contribution is 6.42. The molecular formula is C16H23NO2. The predicted molar refractivity (Wildman–Crippen MR) is 77.3 cm³/mol. The van der Waals surface area contributed by atoms with Gasteiger partial charge in [0.1, 0.15) is 0 Å². The van der Waals surface area contributed by atoms with E-state index < -0.39 is 11.7 Å². The van der Waals surface area contributed by atoms with Gasteiger partial charge in [-0.25, -0.2) is 0 Å². The first-order valence-corrected chi connectivity index (χ1v) is 6.88. The smallest absolute Gasteiger partial charge is 0.292 e. The summed E-state index contributed by atoms with van der Waals surface area (Å²) >= 11 is 0. The number of carbonyl (C=O) groups excluding carboxylic acids is 2. The maximum absolute atomic E-state index is 11.9. The number of hydrogen-bond acceptors (Lipinski definition) is 2. The Morgan fingerprint density at radius 1 is 1.11 bits per heavy atom. The Labute approximate surface area is 115 Å². The molecule has 1 aromatic carbocycles. The van der Waals surface area contributed by atoms with E-state index in [1.807, 2.05) is 26.0 Å². The average Bonchev–Trinajstić information content (AvgIpc) is 2.43. The van der Waals surface area contributed by atoms with Gasteiger partial charge in [-0.15, -0.1) is 0 Å². The number of carbonyl (C=O) groups is 2. The van der Waals surface area contributed by atoms with Gasteiger partial charge in [0, 0.05) is 12.1 Å². The van der Waals surface area contributed by atoms with E-state index in [4.69, 9.17) is 0 Å². The summed E-state index contributed by atoms with van der Waals surface area (Å²) in [4.78, 5) is 23.6. The van der Waals surface area contributed by atoms with Crippen LogP contribution >= 0.6 is 0 Å². The lowest BCUT2D eigenvalue weighted by molar-refractivity contribution is -0.117. The van der Waals surface area contributed by atoms with Gasteiger partial charge in [-0.3, -0.25) is 9.59 Å². The Bertz CT molecular complexity index is 435. The summed E-state index contributed by atoms with van der Waals surface area (Å²) in [5.74, 6) is -0.176. The topological polar surface area (TPSA) is 46.2 Å². The van der Waals surface area contributed by atoms with Crippen LogP contribution in [0, 0.1) is 5.92 Å². The highest BCUT2D eigenvalue weighted by atomic mass is 16.2. The molecule has 3 nitrogen and oxygen atoms in total. The number of ketones is 1. The molecule has 0 spiro atoms. The van der Waals surface area contributed by atoms with Gasteiger partial charge < -0.3 is 5.32 Å². The maximum Gasteiger partial charge on any atom is 0.292 e. The van der Waals surface area contributed by atoms with E-state index in [0.717, 1.165) is 6.42 Å². The fraction of sp³-hybridized carbons (Fsp3) is 0.500. The lowest BCUT2D eigenvalue weighted by Crippen LogP contribution is -2.33. The maximum atomic E-state index is 11.9. The molecule has 1 amide bonds. The zero-order valence-electron chi connectivity index (χ0n) is 12.2. The SMILES string of the molecule is CCC(C)c1ccc(C(=O)C(=O)NCC(C)C)cc1. The molecule has 0 aromatic heterocycles. The zero-order valence-corrected chi connectivity index (χ0v) is 12.2. The third kappa shape index (κ3) is 4.51. The second-order valence-corrected chi connectivity index (χ2v) is 5.36. The highest BCUT2D eigenvalue weighted by Gasteiger charge is 2.16. The van der Waals surface area contributed by atoms with Crippen LogP contribution in [-0.4, -0.2) is 18.2 Å². The summed E-state index contributed by atoms with van der Waals surface area (Å²) < 4.78 is 0. The van der Waals surface area contributed by atoms with Gasteiger partial charge in [-0.05, 0) is 23.8 Å². The van der Waals surface area contributed by atoms with Crippen LogP contribution in [0.5, 0.6) is 0 Å². The van der Waals surface area contributed by atoms with Crippen molar-refractivity contribution in [1.29, 1.82) is 0 Å². The number of rotatable bonds is 6. The third-order valence-corrected chi connectivity index (χ3v) is 3.23. The van der Waals surface area contributed by atoms with Gasteiger partial charge in [0.15, 0.2) is 0 Å². The standard InChI is InChI=1S/C16H23NO2/c1-5-12(4)13-6-8-14(9-7-13)15(18)16(19)17-10-11(2)3/h6-9,11-12H,5,10H2,1-4H3,(H,17,19). The van der Waals surface area contributed by atoms with Gasteiger partial charge in [0.05, 0.1) is 0 Å². The first kappa shape index (κ1) is 15.4. The fourth-order valence-electron chi connectivity index (χ4n) is 1.71. The molecule has 0 aliphatic carbocycles. The molecule has 1 aromatic rings. The summed E-state index contributed by atoms with van der Waals surface area (Å²) in [6, 6.07) is 7.33. The van der Waals surface area contributed by atoms with E-state index in [9.17, 15) is 9.59 Å². The van der Waals surface area contributed by atoms with Gasteiger partial charge in [0.2, 0.25) is 5.78 Å². The zero-order chi connectivity index (χ0) is 14.4. The largest absolute Gasteiger partial charge is 0.349 e. The average molecular weight is 261 g/mol. The van der Waals surface area contributed by atoms with Gasteiger partial charge >= 0.3 is 0 Å². The van der Waals surface area contributed by atoms with Crippen LogP contribution in [0.4, 0.5) is 0 Å². The predicted octanol–water partition coefficient (Wildman–Crippen LogP) is 3.16. The molecule has 0 heterocycles. The van der Waals surface area contributed by atoms with Crippen molar-refractivity contribution < 1.29 is 9.59 Å². The molecule has 19 heavy (non-hydrogen) atoms.